The first kappa shape index (κ1) is 20.6. The molecule has 0 radical (unpaired) electrons. The molecule has 0 aromatic heterocycles. The number of hydrogen-bond donors (Lipinski definition) is 0. The molecule has 150 valence electrons. The predicted molar refractivity (Wildman–Crippen MR) is 120 cm³/mol. The smallest absolute Gasteiger partial charge is 0.0629 e. The number of aliphatic imine (C=N–C) groups is 1. The van der Waals surface area contributed by atoms with Crippen LogP contribution in [-0.4, -0.2) is 39.1 Å². The Hall–Kier alpha value is -2.13. The number of anilines is 1. The van der Waals surface area contributed by atoms with Crippen LogP contribution in [0.3, 0.4) is 0 Å². The predicted octanol–water partition coefficient (Wildman–Crippen LogP) is 5.55. The monoisotopic (exact) mass is 378 g/mol. The number of ether oxygens (including phenoxy) is 1. The lowest BCUT2D eigenvalue weighted by atomic mass is 9.75. The van der Waals surface area contributed by atoms with Gasteiger partial charge in [-0.1, -0.05) is 42.5 Å². The molecule has 1 aliphatic heterocycles. The quantitative estimate of drug-likeness (QED) is 0.590. The van der Waals surface area contributed by atoms with Crippen molar-refractivity contribution in [1.82, 2.24) is 0 Å². The molecule has 1 fully saturated rings. The molecule has 2 aromatic rings. The Morgan fingerprint density at radius 3 is 2.46 bits per heavy atom. The maximum Gasteiger partial charge on any atom is 0.0629 e. The summed E-state index contributed by atoms with van der Waals surface area (Å²) >= 11 is 0. The summed E-state index contributed by atoms with van der Waals surface area (Å²) in [4.78, 5) is 6.85. The summed E-state index contributed by atoms with van der Waals surface area (Å²) in [6.07, 6.45) is 5.34. The van der Waals surface area contributed by atoms with Gasteiger partial charge >= 0.3 is 0 Å². The van der Waals surface area contributed by atoms with Gasteiger partial charge in [-0.25, -0.2) is 0 Å². The molecule has 3 heteroatoms. The van der Waals surface area contributed by atoms with Crippen LogP contribution in [0.4, 0.5) is 5.69 Å². The average molecular weight is 379 g/mol. The van der Waals surface area contributed by atoms with E-state index in [1.807, 2.05) is 6.21 Å². The van der Waals surface area contributed by atoms with Gasteiger partial charge in [-0.05, 0) is 68.2 Å². The van der Waals surface area contributed by atoms with Gasteiger partial charge in [-0.15, -0.1) is 0 Å². The highest BCUT2D eigenvalue weighted by Crippen LogP contribution is 2.39. The van der Waals surface area contributed by atoms with Crippen LogP contribution >= 0.6 is 0 Å². The van der Waals surface area contributed by atoms with Crippen LogP contribution in [0.2, 0.25) is 0 Å². The molecule has 0 unspecified atom stereocenters. The highest BCUT2D eigenvalue weighted by Gasteiger charge is 2.33. The van der Waals surface area contributed by atoms with Crippen molar-refractivity contribution in [2.24, 2.45) is 10.9 Å². The van der Waals surface area contributed by atoms with Crippen LogP contribution < -0.4 is 4.90 Å². The van der Waals surface area contributed by atoms with Crippen LogP contribution in [-0.2, 0) is 4.74 Å². The van der Waals surface area contributed by atoms with Crippen LogP contribution in [0.5, 0.6) is 0 Å². The van der Waals surface area contributed by atoms with E-state index in [2.05, 4.69) is 87.4 Å². The third-order valence-corrected chi connectivity index (χ3v) is 5.75. The van der Waals surface area contributed by atoms with Gasteiger partial charge in [0.1, 0.15) is 0 Å². The minimum Gasteiger partial charge on any atom is -0.378 e. The molecular formula is C25H34N2O. The molecular weight excluding hydrogens is 344 g/mol. The molecule has 0 bridgehead atoms. The van der Waals surface area contributed by atoms with Crippen molar-refractivity contribution in [3.63, 3.8) is 0 Å². The Kier molecular flexibility index (Phi) is 6.90. The van der Waals surface area contributed by atoms with E-state index in [4.69, 9.17) is 9.73 Å². The first-order chi connectivity index (χ1) is 13.4. The fourth-order valence-corrected chi connectivity index (χ4v) is 4.24. The zero-order valence-electron chi connectivity index (χ0n) is 17.8. The first-order valence-corrected chi connectivity index (χ1v) is 10.4. The van der Waals surface area contributed by atoms with E-state index in [-0.39, 0.29) is 5.60 Å². The van der Waals surface area contributed by atoms with Gasteiger partial charge < -0.3 is 9.64 Å². The van der Waals surface area contributed by atoms with Gasteiger partial charge in [0.05, 0.1) is 5.60 Å². The number of benzene rings is 2. The summed E-state index contributed by atoms with van der Waals surface area (Å²) in [6, 6.07) is 19.5. The Morgan fingerprint density at radius 1 is 1.11 bits per heavy atom. The third-order valence-electron chi connectivity index (χ3n) is 5.75. The van der Waals surface area contributed by atoms with E-state index < -0.39 is 0 Å². The number of hydrogen-bond acceptors (Lipinski definition) is 3. The van der Waals surface area contributed by atoms with E-state index in [1.165, 1.54) is 11.3 Å². The Balaban J connectivity index is 1.65. The van der Waals surface area contributed by atoms with E-state index in [0.29, 0.717) is 11.8 Å². The molecule has 1 aliphatic rings. The van der Waals surface area contributed by atoms with Crippen molar-refractivity contribution < 1.29 is 4.74 Å². The second-order valence-electron chi connectivity index (χ2n) is 8.69. The Labute approximate surface area is 170 Å². The molecule has 0 spiro atoms. The first-order valence-electron chi connectivity index (χ1n) is 10.4. The summed E-state index contributed by atoms with van der Waals surface area (Å²) in [7, 11) is 4.12. The molecule has 1 heterocycles. The molecule has 3 nitrogen and oxygen atoms in total. The molecule has 0 aliphatic carbocycles. The average Bonchev–Trinajstić information content (AvgIpc) is 2.68. The SMILES string of the molecule is CN(C)c1ccc(C=NCC[C@@H](c2ccccc2)[C@@H]2CCOC(C)(C)C2)cc1. The van der Waals surface area contributed by atoms with Gasteiger partial charge in [-0.2, -0.15) is 0 Å². The highest BCUT2D eigenvalue weighted by molar-refractivity contribution is 5.80. The molecule has 2 aromatic carbocycles. The van der Waals surface area contributed by atoms with Crippen molar-refractivity contribution in [3.8, 4) is 0 Å². The second-order valence-corrected chi connectivity index (χ2v) is 8.69. The zero-order chi connectivity index (χ0) is 20.0. The normalized spacial score (nSPS) is 20.2. The fraction of sp³-hybridized carbons (Fsp3) is 0.480. The molecule has 3 rings (SSSR count). The molecule has 0 N–H and O–H groups in total. The van der Waals surface area contributed by atoms with Crippen molar-refractivity contribution in [2.45, 2.75) is 44.6 Å². The summed E-state index contributed by atoms with van der Waals surface area (Å²) in [6.45, 7) is 6.16. The zero-order valence-corrected chi connectivity index (χ0v) is 17.8. The van der Waals surface area contributed by atoms with Crippen molar-refractivity contribution in [1.29, 1.82) is 0 Å². The van der Waals surface area contributed by atoms with E-state index in [1.54, 1.807) is 0 Å². The van der Waals surface area contributed by atoms with Gasteiger partial charge in [0.15, 0.2) is 0 Å². The fourth-order valence-electron chi connectivity index (χ4n) is 4.24. The van der Waals surface area contributed by atoms with Crippen molar-refractivity contribution in [3.05, 3.63) is 65.7 Å². The van der Waals surface area contributed by atoms with E-state index >= 15 is 0 Å². The topological polar surface area (TPSA) is 24.8 Å². The van der Waals surface area contributed by atoms with Crippen LogP contribution in [0.15, 0.2) is 59.6 Å². The summed E-state index contributed by atoms with van der Waals surface area (Å²) in [5, 5.41) is 0. The minimum atomic E-state index is -0.0204. The third kappa shape index (κ3) is 5.68. The molecule has 0 amide bonds. The minimum absolute atomic E-state index is 0.0204. The number of nitrogens with zero attached hydrogens (tertiary/aromatic N) is 2. The summed E-state index contributed by atoms with van der Waals surface area (Å²) < 4.78 is 5.96. The molecule has 28 heavy (non-hydrogen) atoms. The highest BCUT2D eigenvalue weighted by atomic mass is 16.5. The summed E-state index contributed by atoms with van der Waals surface area (Å²) in [5.74, 6) is 1.19. The lowest BCUT2D eigenvalue weighted by molar-refractivity contribution is -0.0771. The van der Waals surface area contributed by atoms with Crippen LogP contribution in [0, 0.1) is 5.92 Å². The van der Waals surface area contributed by atoms with E-state index in [0.717, 1.165) is 38.0 Å². The largest absolute Gasteiger partial charge is 0.378 e. The van der Waals surface area contributed by atoms with Gasteiger partial charge in [0, 0.05) is 39.1 Å². The Morgan fingerprint density at radius 2 is 1.82 bits per heavy atom. The van der Waals surface area contributed by atoms with Crippen LogP contribution in [0.25, 0.3) is 0 Å². The molecule has 1 saturated heterocycles. The lowest BCUT2D eigenvalue weighted by Gasteiger charge is -2.39. The molecule has 0 saturated carbocycles. The lowest BCUT2D eigenvalue weighted by Crippen LogP contribution is -2.36. The van der Waals surface area contributed by atoms with Gasteiger partial charge in [0.2, 0.25) is 0 Å². The maximum atomic E-state index is 5.96. The molecule has 2 atom stereocenters. The van der Waals surface area contributed by atoms with E-state index in [9.17, 15) is 0 Å². The Bertz CT molecular complexity index is 750. The van der Waals surface area contributed by atoms with Crippen molar-refractivity contribution >= 4 is 11.9 Å². The van der Waals surface area contributed by atoms with Crippen LogP contribution in [0.1, 0.15) is 50.2 Å². The standard InChI is InChI=1S/C25H34N2O/c1-25(2)18-22(15-17-28-25)24(21-8-6-5-7-9-21)14-16-26-19-20-10-12-23(13-11-20)27(3)4/h5-13,19,22,24H,14-18H2,1-4H3/t22-,24+/m1/s1. The number of rotatable bonds is 7. The van der Waals surface area contributed by atoms with Gasteiger partial charge in [0.25, 0.3) is 0 Å². The van der Waals surface area contributed by atoms with Crippen molar-refractivity contribution in [2.75, 3.05) is 32.1 Å². The van der Waals surface area contributed by atoms with Gasteiger partial charge in [-0.3, -0.25) is 4.99 Å². The second kappa shape index (κ2) is 9.38. The summed E-state index contributed by atoms with van der Waals surface area (Å²) in [5.41, 5.74) is 3.79. The maximum absolute atomic E-state index is 5.96.